The second-order valence-electron chi connectivity index (χ2n) is 5.43. The van der Waals surface area contributed by atoms with Crippen LogP contribution in [0.25, 0.3) is 0 Å². The fraction of sp³-hybridized carbons (Fsp3) is 0.667. The highest BCUT2D eigenvalue weighted by Crippen LogP contribution is 2.21. The Hall–Kier alpha value is -1.33. The Morgan fingerprint density at radius 2 is 2.20 bits per heavy atom. The first-order valence-electron chi connectivity index (χ1n) is 7.43. The molecule has 0 aliphatic carbocycles. The van der Waals surface area contributed by atoms with E-state index in [2.05, 4.69) is 4.90 Å². The van der Waals surface area contributed by atoms with Gasteiger partial charge < -0.3 is 14.8 Å². The molecular weight excluding hydrogens is 256 g/mol. The molecule has 2 N–H and O–H groups in total. The molecule has 2 heterocycles. The molecule has 1 aromatic rings. The average Bonchev–Trinajstić information content (AvgIpc) is 2.45. The van der Waals surface area contributed by atoms with Crippen LogP contribution in [0.1, 0.15) is 38.3 Å². The van der Waals surface area contributed by atoms with Gasteiger partial charge in [0.1, 0.15) is 0 Å². The number of nitrogens with zero attached hydrogens (tertiary/aromatic N) is 2. The van der Waals surface area contributed by atoms with Crippen LogP contribution in [-0.2, 0) is 13.1 Å². The largest absolute Gasteiger partial charge is 0.503 e. The Morgan fingerprint density at radius 3 is 2.90 bits per heavy atom. The number of pyridine rings is 1. The van der Waals surface area contributed by atoms with E-state index in [1.807, 2.05) is 11.5 Å². The van der Waals surface area contributed by atoms with Gasteiger partial charge >= 0.3 is 0 Å². The van der Waals surface area contributed by atoms with E-state index in [0.29, 0.717) is 12.6 Å². The summed E-state index contributed by atoms with van der Waals surface area (Å²) >= 11 is 0. The van der Waals surface area contributed by atoms with Crippen LogP contribution in [0.4, 0.5) is 0 Å². The summed E-state index contributed by atoms with van der Waals surface area (Å²) in [5, 5.41) is 18.7. The van der Waals surface area contributed by atoms with E-state index in [-0.39, 0.29) is 17.8 Å². The van der Waals surface area contributed by atoms with Crippen molar-refractivity contribution in [1.82, 2.24) is 9.47 Å². The van der Waals surface area contributed by atoms with Gasteiger partial charge in [0.2, 0.25) is 5.43 Å². The Balaban J connectivity index is 2.19. The molecule has 20 heavy (non-hydrogen) atoms. The van der Waals surface area contributed by atoms with Gasteiger partial charge in [-0.2, -0.15) is 0 Å². The molecule has 5 heteroatoms. The highest BCUT2D eigenvalue weighted by Gasteiger charge is 2.22. The molecule has 1 unspecified atom stereocenters. The lowest BCUT2D eigenvalue weighted by Gasteiger charge is -2.36. The van der Waals surface area contributed by atoms with Gasteiger partial charge in [-0.1, -0.05) is 6.42 Å². The summed E-state index contributed by atoms with van der Waals surface area (Å²) in [7, 11) is 0. The van der Waals surface area contributed by atoms with Crippen molar-refractivity contribution in [3.05, 3.63) is 28.2 Å². The molecule has 0 bridgehead atoms. The molecule has 0 amide bonds. The standard InChI is InChI=1S/C15H24N2O3/c1-2-16-11-15(20)14(19)9-13(16)10-17-7-4-3-5-12(17)6-8-18/h9,11-12,18,20H,2-8,10H2,1H3. The average molecular weight is 280 g/mol. The summed E-state index contributed by atoms with van der Waals surface area (Å²) in [6.07, 6.45) is 5.78. The van der Waals surface area contributed by atoms with Crippen LogP contribution in [0.2, 0.25) is 0 Å². The number of aliphatic hydroxyl groups is 1. The van der Waals surface area contributed by atoms with Crippen molar-refractivity contribution in [3.8, 4) is 5.75 Å². The lowest BCUT2D eigenvalue weighted by Crippen LogP contribution is -2.40. The Kier molecular flexibility index (Phi) is 5.20. The molecule has 1 aliphatic rings. The summed E-state index contributed by atoms with van der Waals surface area (Å²) in [6, 6.07) is 1.92. The third kappa shape index (κ3) is 3.41. The molecule has 1 aliphatic heterocycles. The van der Waals surface area contributed by atoms with Crippen LogP contribution in [0.5, 0.6) is 5.75 Å². The minimum Gasteiger partial charge on any atom is -0.503 e. The topological polar surface area (TPSA) is 65.7 Å². The maximum atomic E-state index is 11.6. The summed E-state index contributed by atoms with van der Waals surface area (Å²) < 4.78 is 1.92. The van der Waals surface area contributed by atoms with Crippen molar-refractivity contribution in [1.29, 1.82) is 0 Å². The van der Waals surface area contributed by atoms with Crippen molar-refractivity contribution >= 4 is 0 Å². The molecular formula is C15H24N2O3. The number of rotatable bonds is 5. The maximum absolute atomic E-state index is 11.6. The van der Waals surface area contributed by atoms with E-state index in [0.717, 1.165) is 38.0 Å². The molecule has 1 aromatic heterocycles. The van der Waals surface area contributed by atoms with Gasteiger partial charge in [0, 0.05) is 37.5 Å². The van der Waals surface area contributed by atoms with Crippen LogP contribution in [0.15, 0.2) is 17.1 Å². The third-order valence-corrected chi connectivity index (χ3v) is 4.11. The van der Waals surface area contributed by atoms with Gasteiger partial charge in [0.25, 0.3) is 0 Å². The smallest absolute Gasteiger partial charge is 0.223 e. The molecule has 0 spiro atoms. The predicted molar refractivity (Wildman–Crippen MR) is 77.8 cm³/mol. The molecule has 112 valence electrons. The number of aliphatic hydroxyl groups excluding tert-OH is 1. The molecule has 0 aromatic carbocycles. The van der Waals surface area contributed by atoms with Crippen molar-refractivity contribution in [2.75, 3.05) is 13.2 Å². The number of aromatic hydroxyl groups is 1. The number of aryl methyl sites for hydroxylation is 1. The molecule has 5 nitrogen and oxygen atoms in total. The van der Waals surface area contributed by atoms with Gasteiger partial charge in [-0.3, -0.25) is 9.69 Å². The first-order chi connectivity index (χ1) is 9.65. The third-order valence-electron chi connectivity index (χ3n) is 4.11. The number of hydrogen-bond donors (Lipinski definition) is 2. The Labute approximate surface area is 119 Å². The van der Waals surface area contributed by atoms with Gasteiger partial charge in [-0.05, 0) is 32.7 Å². The fourth-order valence-corrected chi connectivity index (χ4v) is 2.99. The predicted octanol–water partition coefficient (Wildman–Crippen LogP) is 1.31. The molecule has 1 fully saturated rings. The maximum Gasteiger partial charge on any atom is 0.223 e. The van der Waals surface area contributed by atoms with E-state index >= 15 is 0 Å². The Morgan fingerprint density at radius 1 is 1.40 bits per heavy atom. The molecule has 0 saturated carbocycles. The second kappa shape index (κ2) is 6.90. The SMILES string of the molecule is CCn1cc(O)c(=O)cc1CN1CCCCC1CCO. The lowest BCUT2D eigenvalue weighted by molar-refractivity contribution is 0.109. The second-order valence-corrected chi connectivity index (χ2v) is 5.43. The summed E-state index contributed by atoms with van der Waals surface area (Å²) in [5.74, 6) is -0.193. The number of piperidine rings is 1. The number of aromatic nitrogens is 1. The quantitative estimate of drug-likeness (QED) is 0.853. The molecule has 1 atom stereocenters. The van der Waals surface area contributed by atoms with Crippen molar-refractivity contribution in [3.63, 3.8) is 0 Å². The summed E-state index contributed by atoms with van der Waals surface area (Å²) in [5.41, 5.74) is 0.612. The fourth-order valence-electron chi connectivity index (χ4n) is 2.99. The highest BCUT2D eigenvalue weighted by molar-refractivity contribution is 5.20. The number of likely N-dealkylation sites (tertiary alicyclic amines) is 1. The first kappa shape index (κ1) is 15.1. The normalized spacial score (nSPS) is 20.2. The van der Waals surface area contributed by atoms with E-state index < -0.39 is 0 Å². The van der Waals surface area contributed by atoms with Crippen LogP contribution in [0, 0.1) is 0 Å². The van der Waals surface area contributed by atoms with Crippen LogP contribution < -0.4 is 5.43 Å². The summed E-state index contributed by atoms with van der Waals surface area (Å²) in [6.45, 7) is 4.63. The van der Waals surface area contributed by atoms with E-state index in [9.17, 15) is 9.90 Å². The Bertz CT molecular complexity index is 496. The highest BCUT2D eigenvalue weighted by atomic mass is 16.3. The zero-order valence-electron chi connectivity index (χ0n) is 12.1. The van der Waals surface area contributed by atoms with Gasteiger partial charge in [-0.15, -0.1) is 0 Å². The van der Waals surface area contributed by atoms with Gasteiger partial charge in [0.15, 0.2) is 5.75 Å². The van der Waals surface area contributed by atoms with E-state index in [1.54, 1.807) is 0 Å². The minimum atomic E-state index is -0.319. The van der Waals surface area contributed by atoms with Crippen molar-refractivity contribution < 1.29 is 10.2 Å². The van der Waals surface area contributed by atoms with E-state index in [1.165, 1.54) is 18.7 Å². The van der Waals surface area contributed by atoms with E-state index in [4.69, 9.17) is 5.11 Å². The molecule has 1 saturated heterocycles. The van der Waals surface area contributed by atoms with Crippen molar-refractivity contribution in [2.45, 2.75) is 51.7 Å². The molecule has 2 rings (SSSR count). The molecule has 0 radical (unpaired) electrons. The van der Waals surface area contributed by atoms with Gasteiger partial charge in [-0.25, -0.2) is 0 Å². The minimum absolute atomic E-state index is 0.193. The van der Waals surface area contributed by atoms with Crippen LogP contribution >= 0.6 is 0 Å². The number of hydrogen-bond acceptors (Lipinski definition) is 4. The first-order valence-corrected chi connectivity index (χ1v) is 7.43. The monoisotopic (exact) mass is 280 g/mol. The zero-order chi connectivity index (χ0) is 14.5. The van der Waals surface area contributed by atoms with Crippen LogP contribution in [0.3, 0.4) is 0 Å². The van der Waals surface area contributed by atoms with Crippen molar-refractivity contribution in [2.24, 2.45) is 0 Å². The lowest BCUT2D eigenvalue weighted by atomic mass is 9.99. The van der Waals surface area contributed by atoms with Gasteiger partial charge in [0.05, 0.1) is 6.20 Å². The summed E-state index contributed by atoms with van der Waals surface area (Å²) in [4.78, 5) is 14.0. The van der Waals surface area contributed by atoms with Crippen LogP contribution in [-0.4, -0.2) is 38.9 Å². The zero-order valence-corrected chi connectivity index (χ0v) is 12.1.